The standard InChI is InChI=1S/C26H28N2O4S/c1-5-15-32-25-8-6-7-23(17-25)27-26(29)22-12-10-21(11-13-22)18-28(33(4,30)31)24-14-9-19(2)20(3)16-24/h5-14,16-17H,1,15,18H2,2-4H3,(H,27,29). The quantitative estimate of drug-likeness (QED) is 0.448. The first kappa shape index (κ1) is 24.1. The van der Waals surface area contributed by atoms with E-state index in [4.69, 9.17) is 4.74 Å². The molecule has 1 amide bonds. The second-order valence-corrected chi connectivity index (χ2v) is 9.72. The van der Waals surface area contributed by atoms with Gasteiger partial charge in [0.05, 0.1) is 18.5 Å². The summed E-state index contributed by atoms with van der Waals surface area (Å²) < 4.78 is 31.8. The van der Waals surface area contributed by atoms with Crippen LogP contribution in [0.3, 0.4) is 0 Å². The highest BCUT2D eigenvalue weighted by atomic mass is 32.2. The van der Waals surface area contributed by atoms with Gasteiger partial charge in [0.1, 0.15) is 12.4 Å². The molecule has 0 aliphatic heterocycles. The molecule has 33 heavy (non-hydrogen) atoms. The van der Waals surface area contributed by atoms with Gasteiger partial charge in [-0.3, -0.25) is 9.10 Å². The van der Waals surface area contributed by atoms with Gasteiger partial charge < -0.3 is 10.1 Å². The molecule has 0 heterocycles. The number of benzene rings is 3. The minimum atomic E-state index is -3.49. The largest absolute Gasteiger partial charge is 0.489 e. The molecule has 0 spiro atoms. The Morgan fingerprint density at radius 2 is 1.76 bits per heavy atom. The Labute approximate surface area is 195 Å². The van der Waals surface area contributed by atoms with Gasteiger partial charge in [-0.15, -0.1) is 0 Å². The van der Waals surface area contributed by atoms with Crippen LogP contribution in [0.1, 0.15) is 27.0 Å². The summed E-state index contributed by atoms with van der Waals surface area (Å²) >= 11 is 0. The number of sulfonamides is 1. The molecule has 0 atom stereocenters. The van der Waals surface area contributed by atoms with E-state index in [9.17, 15) is 13.2 Å². The maximum Gasteiger partial charge on any atom is 0.255 e. The van der Waals surface area contributed by atoms with Crippen LogP contribution in [0.15, 0.2) is 79.4 Å². The molecule has 0 fully saturated rings. The molecule has 1 N–H and O–H groups in total. The minimum Gasteiger partial charge on any atom is -0.489 e. The SMILES string of the molecule is C=CCOc1cccc(NC(=O)c2ccc(CN(c3ccc(C)c(C)c3)S(C)(=O)=O)cc2)c1. The number of hydrogen-bond donors (Lipinski definition) is 1. The average molecular weight is 465 g/mol. The summed E-state index contributed by atoms with van der Waals surface area (Å²) in [5.74, 6) is 0.367. The second kappa shape index (κ2) is 10.4. The second-order valence-electron chi connectivity index (χ2n) is 7.82. The van der Waals surface area contributed by atoms with Crippen LogP contribution in [0.5, 0.6) is 5.75 Å². The van der Waals surface area contributed by atoms with Gasteiger partial charge in [-0.2, -0.15) is 0 Å². The van der Waals surface area contributed by atoms with Gasteiger partial charge in [-0.05, 0) is 66.9 Å². The fourth-order valence-corrected chi connectivity index (χ4v) is 4.11. The molecule has 0 aliphatic rings. The minimum absolute atomic E-state index is 0.173. The molecule has 0 aliphatic carbocycles. The molecular weight excluding hydrogens is 436 g/mol. The van der Waals surface area contributed by atoms with Crippen molar-refractivity contribution in [1.29, 1.82) is 0 Å². The van der Waals surface area contributed by atoms with Crippen molar-refractivity contribution in [2.75, 3.05) is 22.5 Å². The van der Waals surface area contributed by atoms with Crippen LogP contribution in [0, 0.1) is 13.8 Å². The molecule has 3 aromatic rings. The van der Waals surface area contributed by atoms with E-state index in [-0.39, 0.29) is 12.5 Å². The van der Waals surface area contributed by atoms with Crippen molar-refractivity contribution in [1.82, 2.24) is 0 Å². The normalized spacial score (nSPS) is 11.0. The molecule has 0 saturated carbocycles. The predicted octanol–water partition coefficient (Wildman–Crippen LogP) is 5.09. The third kappa shape index (κ3) is 6.46. The monoisotopic (exact) mass is 464 g/mol. The van der Waals surface area contributed by atoms with Gasteiger partial charge >= 0.3 is 0 Å². The topological polar surface area (TPSA) is 75.7 Å². The number of amides is 1. The fourth-order valence-electron chi connectivity index (χ4n) is 3.23. The lowest BCUT2D eigenvalue weighted by Gasteiger charge is -2.23. The zero-order chi connectivity index (χ0) is 24.0. The number of hydrogen-bond acceptors (Lipinski definition) is 4. The number of nitrogens with one attached hydrogen (secondary N) is 1. The van der Waals surface area contributed by atoms with Crippen LogP contribution in [0.2, 0.25) is 0 Å². The number of anilines is 2. The van der Waals surface area contributed by atoms with Crippen LogP contribution in [0.4, 0.5) is 11.4 Å². The molecule has 0 bridgehead atoms. The zero-order valence-electron chi connectivity index (χ0n) is 19.0. The van der Waals surface area contributed by atoms with Crippen molar-refractivity contribution in [2.24, 2.45) is 0 Å². The Kier molecular flexibility index (Phi) is 7.55. The van der Waals surface area contributed by atoms with Crippen molar-refractivity contribution in [3.8, 4) is 5.75 Å². The summed E-state index contributed by atoms with van der Waals surface area (Å²) in [6.07, 6.45) is 2.84. The average Bonchev–Trinajstić information content (AvgIpc) is 2.78. The van der Waals surface area contributed by atoms with Gasteiger partial charge in [0.2, 0.25) is 10.0 Å². The number of aryl methyl sites for hydroxylation is 2. The van der Waals surface area contributed by atoms with Crippen LogP contribution < -0.4 is 14.4 Å². The molecule has 0 unspecified atom stereocenters. The maximum absolute atomic E-state index is 12.6. The molecule has 6 nitrogen and oxygen atoms in total. The Morgan fingerprint density at radius 1 is 1.03 bits per heavy atom. The fraction of sp³-hybridized carbons (Fsp3) is 0.192. The van der Waals surface area contributed by atoms with E-state index in [1.165, 1.54) is 10.6 Å². The first-order chi connectivity index (χ1) is 15.7. The van der Waals surface area contributed by atoms with Gasteiger partial charge in [0, 0.05) is 17.3 Å². The highest BCUT2D eigenvalue weighted by Crippen LogP contribution is 2.24. The van der Waals surface area contributed by atoms with Crippen LogP contribution in [-0.2, 0) is 16.6 Å². The van der Waals surface area contributed by atoms with E-state index in [1.54, 1.807) is 60.7 Å². The van der Waals surface area contributed by atoms with Gasteiger partial charge in [-0.1, -0.05) is 36.9 Å². The van der Waals surface area contributed by atoms with Crippen LogP contribution >= 0.6 is 0 Å². The number of carbonyl (C=O) groups excluding carboxylic acids is 1. The summed E-state index contributed by atoms with van der Waals surface area (Å²) in [6, 6.07) is 19.6. The van der Waals surface area contributed by atoms with Gasteiger partial charge in [0.15, 0.2) is 0 Å². The highest BCUT2D eigenvalue weighted by molar-refractivity contribution is 7.92. The van der Waals surface area contributed by atoms with Crippen molar-refractivity contribution >= 4 is 27.3 Å². The lowest BCUT2D eigenvalue weighted by atomic mass is 10.1. The summed E-state index contributed by atoms with van der Waals surface area (Å²) in [4.78, 5) is 12.6. The van der Waals surface area contributed by atoms with E-state index in [2.05, 4.69) is 11.9 Å². The van der Waals surface area contributed by atoms with E-state index in [0.717, 1.165) is 16.7 Å². The van der Waals surface area contributed by atoms with E-state index < -0.39 is 10.0 Å². The molecule has 7 heteroatoms. The molecule has 0 aromatic heterocycles. The van der Waals surface area contributed by atoms with Crippen molar-refractivity contribution in [2.45, 2.75) is 20.4 Å². The van der Waals surface area contributed by atoms with E-state index >= 15 is 0 Å². The summed E-state index contributed by atoms with van der Waals surface area (Å²) in [7, 11) is -3.49. The van der Waals surface area contributed by atoms with Crippen LogP contribution in [0.25, 0.3) is 0 Å². The predicted molar refractivity (Wildman–Crippen MR) is 133 cm³/mol. The highest BCUT2D eigenvalue weighted by Gasteiger charge is 2.18. The van der Waals surface area contributed by atoms with E-state index in [1.807, 2.05) is 26.0 Å². The van der Waals surface area contributed by atoms with Gasteiger partial charge in [-0.25, -0.2) is 8.42 Å². The lowest BCUT2D eigenvalue weighted by Crippen LogP contribution is -2.29. The zero-order valence-corrected chi connectivity index (χ0v) is 19.9. The Bertz CT molecular complexity index is 1250. The van der Waals surface area contributed by atoms with Crippen LogP contribution in [-0.4, -0.2) is 27.2 Å². The molecule has 3 rings (SSSR count). The first-order valence-electron chi connectivity index (χ1n) is 10.5. The molecule has 0 saturated heterocycles. The molecule has 172 valence electrons. The third-order valence-corrected chi connectivity index (χ3v) is 6.32. The van der Waals surface area contributed by atoms with Crippen molar-refractivity contribution in [3.63, 3.8) is 0 Å². The Balaban J connectivity index is 1.74. The molecule has 3 aromatic carbocycles. The lowest BCUT2D eigenvalue weighted by molar-refractivity contribution is 0.102. The Morgan fingerprint density at radius 3 is 2.39 bits per heavy atom. The number of rotatable bonds is 9. The van der Waals surface area contributed by atoms with Crippen molar-refractivity contribution in [3.05, 3.63) is 102 Å². The molecular formula is C26H28N2O4S. The van der Waals surface area contributed by atoms with Gasteiger partial charge in [0.25, 0.3) is 5.91 Å². The third-order valence-electron chi connectivity index (χ3n) is 5.18. The number of ether oxygens (including phenoxy) is 1. The summed E-state index contributed by atoms with van der Waals surface area (Å²) in [5, 5.41) is 2.85. The Hall–Kier alpha value is -3.58. The molecule has 0 radical (unpaired) electrons. The summed E-state index contributed by atoms with van der Waals surface area (Å²) in [6.45, 7) is 8.11. The number of carbonyl (C=O) groups is 1. The van der Waals surface area contributed by atoms with Crippen molar-refractivity contribution < 1.29 is 17.9 Å². The first-order valence-corrected chi connectivity index (χ1v) is 12.3. The smallest absolute Gasteiger partial charge is 0.255 e. The maximum atomic E-state index is 12.6. The van der Waals surface area contributed by atoms with E-state index in [0.29, 0.717) is 29.3 Å². The summed E-state index contributed by atoms with van der Waals surface area (Å²) in [5.41, 5.74) is 4.58. The number of nitrogens with zero attached hydrogens (tertiary/aromatic N) is 1.